The van der Waals surface area contributed by atoms with Gasteiger partial charge >= 0.3 is 0 Å². The monoisotopic (exact) mass is 288 g/mol. The van der Waals surface area contributed by atoms with E-state index in [2.05, 4.69) is 44.3 Å². The third-order valence-electron chi connectivity index (χ3n) is 4.45. The lowest BCUT2D eigenvalue weighted by atomic mass is 9.95. The summed E-state index contributed by atoms with van der Waals surface area (Å²) in [5, 5.41) is 3.55. The van der Waals surface area contributed by atoms with Gasteiger partial charge in [-0.05, 0) is 44.4 Å². The number of benzene rings is 1. The molecule has 1 aliphatic heterocycles. The maximum atomic E-state index is 12.3. The van der Waals surface area contributed by atoms with E-state index in [4.69, 9.17) is 0 Å². The standard InChI is InChI=1S/C18H28N2O/c1-5-19-17(16-9-8-13(2)11-15(16)4)12-20-10-6-7-14(3)18(20)21/h8-9,11,14,17,19H,5-7,10,12H2,1-4H3. The minimum absolute atomic E-state index is 0.181. The van der Waals surface area contributed by atoms with Gasteiger partial charge in [0.25, 0.3) is 0 Å². The topological polar surface area (TPSA) is 32.3 Å². The van der Waals surface area contributed by atoms with Crippen LogP contribution in [0.4, 0.5) is 0 Å². The van der Waals surface area contributed by atoms with Gasteiger partial charge in [0.1, 0.15) is 0 Å². The van der Waals surface area contributed by atoms with Gasteiger partial charge in [-0.1, -0.05) is 37.6 Å². The molecule has 2 unspecified atom stereocenters. The lowest BCUT2D eigenvalue weighted by Crippen LogP contribution is -2.44. The number of piperidine rings is 1. The van der Waals surface area contributed by atoms with Crippen molar-refractivity contribution in [3.63, 3.8) is 0 Å². The molecule has 1 aliphatic rings. The second kappa shape index (κ2) is 7.08. The van der Waals surface area contributed by atoms with E-state index in [0.29, 0.717) is 5.91 Å². The first-order valence-corrected chi connectivity index (χ1v) is 8.12. The highest BCUT2D eigenvalue weighted by Crippen LogP contribution is 2.24. The van der Waals surface area contributed by atoms with Gasteiger partial charge in [0, 0.05) is 19.0 Å². The number of nitrogens with zero attached hydrogens (tertiary/aromatic N) is 1. The summed E-state index contributed by atoms with van der Waals surface area (Å²) in [4.78, 5) is 14.4. The number of nitrogens with one attached hydrogen (secondary N) is 1. The molecule has 1 N–H and O–H groups in total. The molecule has 0 aromatic heterocycles. The fourth-order valence-electron chi connectivity index (χ4n) is 3.27. The van der Waals surface area contributed by atoms with E-state index >= 15 is 0 Å². The van der Waals surface area contributed by atoms with Crippen molar-refractivity contribution in [2.75, 3.05) is 19.6 Å². The number of carbonyl (C=O) groups is 1. The summed E-state index contributed by atoms with van der Waals surface area (Å²) in [5.41, 5.74) is 3.90. The average molecular weight is 288 g/mol. The second-order valence-corrected chi connectivity index (χ2v) is 6.30. The van der Waals surface area contributed by atoms with E-state index in [9.17, 15) is 4.79 Å². The maximum Gasteiger partial charge on any atom is 0.225 e. The summed E-state index contributed by atoms with van der Waals surface area (Å²) >= 11 is 0. The van der Waals surface area contributed by atoms with Crippen LogP contribution in [0.3, 0.4) is 0 Å². The van der Waals surface area contributed by atoms with Gasteiger partial charge in [0.05, 0.1) is 6.04 Å². The smallest absolute Gasteiger partial charge is 0.225 e. The first-order valence-electron chi connectivity index (χ1n) is 8.12. The van der Waals surface area contributed by atoms with Crippen LogP contribution in [0.25, 0.3) is 0 Å². The summed E-state index contributed by atoms with van der Waals surface area (Å²) in [7, 11) is 0. The van der Waals surface area contributed by atoms with E-state index < -0.39 is 0 Å². The average Bonchev–Trinajstić information content (AvgIpc) is 2.43. The van der Waals surface area contributed by atoms with Crippen LogP contribution in [0.2, 0.25) is 0 Å². The maximum absolute atomic E-state index is 12.3. The molecule has 1 amide bonds. The molecule has 3 heteroatoms. The van der Waals surface area contributed by atoms with Crippen molar-refractivity contribution in [1.82, 2.24) is 10.2 Å². The van der Waals surface area contributed by atoms with Crippen molar-refractivity contribution in [3.8, 4) is 0 Å². The Labute approximate surface area is 128 Å². The summed E-state index contributed by atoms with van der Waals surface area (Å²) in [5.74, 6) is 0.494. The quantitative estimate of drug-likeness (QED) is 0.902. The highest BCUT2D eigenvalue weighted by molar-refractivity contribution is 5.79. The van der Waals surface area contributed by atoms with Crippen molar-refractivity contribution < 1.29 is 4.79 Å². The van der Waals surface area contributed by atoms with Crippen molar-refractivity contribution in [1.29, 1.82) is 0 Å². The van der Waals surface area contributed by atoms with Gasteiger partial charge in [-0.15, -0.1) is 0 Å². The Morgan fingerprint density at radius 2 is 2.14 bits per heavy atom. The van der Waals surface area contributed by atoms with Crippen LogP contribution in [0.5, 0.6) is 0 Å². The van der Waals surface area contributed by atoms with Crippen LogP contribution in [0.1, 0.15) is 49.4 Å². The Bertz CT molecular complexity index is 498. The zero-order valence-corrected chi connectivity index (χ0v) is 13.8. The van der Waals surface area contributed by atoms with Crippen molar-refractivity contribution in [3.05, 3.63) is 34.9 Å². The molecule has 21 heavy (non-hydrogen) atoms. The number of hydrogen-bond acceptors (Lipinski definition) is 2. The van der Waals surface area contributed by atoms with Gasteiger partial charge in [-0.25, -0.2) is 0 Å². The summed E-state index contributed by atoms with van der Waals surface area (Å²) in [6, 6.07) is 6.81. The van der Waals surface area contributed by atoms with E-state index in [-0.39, 0.29) is 12.0 Å². The highest BCUT2D eigenvalue weighted by atomic mass is 16.2. The van der Waals surface area contributed by atoms with Crippen molar-refractivity contribution in [2.45, 2.75) is 46.6 Å². The van der Waals surface area contributed by atoms with Crippen molar-refractivity contribution >= 4 is 5.91 Å². The van der Waals surface area contributed by atoms with E-state index in [1.54, 1.807) is 0 Å². The van der Waals surface area contributed by atoms with Crippen LogP contribution >= 0.6 is 0 Å². The largest absolute Gasteiger partial charge is 0.341 e. The minimum atomic E-state index is 0.181. The Kier molecular flexibility index (Phi) is 5.40. The molecule has 0 spiro atoms. The number of likely N-dealkylation sites (tertiary alicyclic amines) is 1. The Morgan fingerprint density at radius 1 is 1.38 bits per heavy atom. The highest BCUT2D eigenvalue weighted by Gasteiger charge is 2.27. The molecule has 0 saturated carbocycles. The van der Waals surface area contributed by atoms with Gasteiger partial charge in [0.15, 0.2) is 0 Å². The molecule has 1 fully saturated rings. The summed E-state index contributed by atoms with van der Waals surface area (Å²) < 4.78 is 0. The third kappa shape index (κ3) is 3.85. The van der Waals surface area contributed by atoms with Gasteiger partial charge in [-0.2, -0.15) is 0 Å². The molecule has 0 radical (unpaired) electrons. The van der Waals surface area contributed by atoms with E-state index in [1.807, 2.05) is 11.8 Å². The predicted octanol–water partition coefficient (Wildman–Crippen LogP) is 3.21. The lowest BCUT2D eigenvalue weighted by Gasteiger charge is -2.34. The lowest BCUT2D eigenvalue weighted by molar-refractivity contribution is -0.138. The number of likely N-dealkylation sites (N-methyl/N-ethyl adjacent to an activating group) is 1. The molecule has 3 nitrogen and oxygen atoms in total. The molecule has 1 aromatic carbocycles. The second-order valence-electron chi connectivity index (χ2n) is 6.30. The zero-order chi connectivity index (χ0) is 15.4. The molecule has 1 saturated heterocycles. The summed E-state index contributed by atoms with van der Waals surface area (Å²) in [6.45, 7) is 11.0. The molecule has 0 bridgehead atoms. The molecule has 116 valence electrons. The first-order chi connectivity index (χ1) is 10.0. The molecular weight excluding hydrogens is 260 g/mol. The van der Waals surface area contributed by atoms with Gasteiger partial charge < -0.3 is 10.2 Å². The van der Waals surface area contributed by atoms with Crippen LogP contribution in [-0.4, -0.2) is 30.4 Å². The number of rotatable bonds is 5. The third-order valence-corrected chi connectivity index (χ3v) is 4.45. The zero-order valence-electron chi connectivity index (χ0n) is 13.8. The number of aryl methyl sites for hydroxylation is 2. The molecule has 2 rings (SSSR count). The first kappa shape index (κ1) is 16.0. The van der Waals surface area contributed by atoms with Crippen LogP contribution in [0.15, 0.2) is 18.2 Å². The van der Waals surface area contributed by atoms with Crippen LogP contribution < -0.4 is 5.32 Å². The Hall–Kier alpha value is -1.35. The fraction of sp³-hybridized carbons (Fsp3) is 0.611. The number of carbonyl (C=O) groups excluding carboxylic acids is 1. The number of hydrogen-bond donors (Lipinski definition) is 1. The van der Waals surface area contributed by atoms with E-state index in [0.717, 1.165) is 32.5 Å². The number of amides is 1. The molecule has 1 heterocycles. The van der Waals surface area contributed by atoms with Gasteiger partial charge in [-0.3, -0.25) is 4.79 Å². The summed E-state index contributed by atoms with van der Waals surface area (Å²) in [6.07, 6.45) is 2.16. The Balaban J connectivity index is 2.17. The SMILES string of the molecule is CCNC(CN1CCCC(C)C1=O)c1ccc(C)cc1C. The molecular formula is C18H28N2O. The normalized spacial score (nSPS) is 20.7. The van der Waals surface area contributed by atoms with Gasteiger partial charge in [0.2, 0.25) is 5.91 Å². The predicted molar refractivity (Wildman–Crippen MR) is 87.3 cm³/mol. The van der Waals surface area contributed by atoms with Crippen molar-refractivity contribution in [2.24, 2.45) is 5.92 Å². The molecule has 2 atom stereocenters. The Morgan fingerprint density at radius 3 is 2.81 bits per heavy atom. The molecule has 1 aromatic rings. The van der Waals surface area contributed by atoms with Crippen LogP contribution in [-0.2, 0) is 4.79 Å². The minimum Gasteiger partial charge on any atom is -0.341 e. The molecule has 0 aliphatic carbocycles. The fourth-order valence-corrected chi connectivity index (χ4v) is 3.27. The van der Waals surface area contributed by atoms with Crippen LogP contribution in [0, 0.1) is 19.8 Å². The van der Waals surface area contributed by atoms with E-state index in [1.165, 1.54) is 16.7 Å².